The summed E-state index contributed by atoms with van der Waals surface area (Å²) < 4.78 is 23.2. The summed E-state index contributed by atoms with van der Waals surface area (Å²) >= 11 is 0. The van der Waals surface area contributed by atoms with Crippen molar-refractivity contribution < 1.29 is 87.9 Å². The summed E-state index contributed by atoms with van der Waals surface area (Å²) in [5.74, 6) is -4.66. The monoisotopic (exact) mass is 622 g/mol. The van der Waals surface area contributed by atoms with E-state index in [1.54, 1.807) is 0 Å². The van der Waals surface area contributed by atoms with Crippen molar-refractivity contribution in [3.63, 3.8) is 0 Å². The van der Waals surface area contributed by atoms with Gasteiger partial charge in [0.1, 0.15) is 26.4 Å². The van der Waals surface area contributed by atoms with Gasteiger partial charge in [-0.3, -0.25) is 9.59 Å². The maximum Gasteiger partial charge on any atom is 0.358 e. The van der Waals surface area contributed by atoms with E-state index < -0.39 is 48.9 Å². The Hall–Kier alpha value is -3.34. The van der Waals surface area contributed by atoms with Crippen molar-refractivity contribution in [3.05, 3.63) is 0 Å². The number of methoxy groups -OCH3 is 1. The molecule has 1 aliphatic rings. The van der Waals surface area contributed by atoms with E-state index in [-0.39, 0.29) is 72.3 Å². The van der Waals surface area contributed by atoms with E-state index in [1.807, 2.05) is 0 Å². The lowest BCUT2D eigenvalue weighted by atomic mass is 10.4. The van der Waals surface area contributed by atoms with Gasteiger partial charge < -0.3 is 64.9 Å². The molecule has 1 fully saturated rings. The number of amides is 2. The van der Waals surface area contributed by atoms with Gasteiger partial charge in [-0.1, -0.05) is 0 Å². The van der Waals surface area contributed by atoms with Crippen molar-refractivity contribution in [2.75, 3.05) is 93.4 Å². The maximum absolute atomic E-state index is 11.2. The summed E-state index contributed by atoms with van der Waals surface area (Å²) in [6, 6.07) is 0. The zero-order valence-electron chi connectivity index (χ0n) is 23.5. The molecular weight excluding hydrogens is 580 g/mol. The fourth-order valence-corrected chi connectivity index (χ4v) is 1.73. The lowest BCUT2D eigenvalue weighted by Crippen LogP contribution is -2.33. The number of carboxylic acids is 2. The highest BCUT2D eigenvalue weighted by Crippen LogP contribution is 2.11. The van der Waals surface area contributed by atoms with Crippen LogP contribution in [0.15, 0.2) is 0 Å². The van der Waals surface area contributed by atoms with Gasteiger partial charge in [-0.2, -0.15) is 0 Å². The van der Waals surface area contributed by atoms with E-state index in [0.29, 0.717) is 11.7 Å². The number of rotatable bonds is 17. The van der Waals surface area contributed by atoms with Crippen LogP contribution in [0.4, 0.5) is 0 Å². The van der Waals surface area contributed by atoms with E-state index in [9.17, 15) is 24.0 Å². The highest BCUT2D eigenvalue weighted by atomic mass is 16.7. The second-order valence-corrected chi connectivity index (χ2v) is 6.50. The van der Waals surface area contributed by atoms with Crippen LogP contribution in [0.3, 0.4) is 0 Å². The van der Waals surface area contributed by atoms with Gasteiger partial charge in [-0.25, -0.2) is 19.2 Å². The highest BCUT2D eigenvalue weighted by Gasteiger charge is 2.32. The Bertz CT molecular complexity index is 699. The summed E-state index contributed by atoms with van der Waals surface area (Å²) in [6.07, 6.45) is 0.115. The number of aliphatic carboxylic acids is 2. The number of ether oxygens (including phenoxy) is 5. The van der Waals surface area contributed by atoms with Gasteiger partial charge in [0.15, 0.2) is 0 Å². The van der Waals surface area contributed by atoms with Gasteiger partial charge in [0, 0.05) is 12.8 Å². The first-order valence-electron chi connectivity index (χ1n) is 11.9. The molecule has 8 N–H and O–H groups in total. The standard InChI is InChI=1S/C10H15NO7.C6H12O5.C3H6O3.C2H4O3.CH5N/c12-3-4-16-5-6-17-7-10(15)18-11-8(13)1-2-9(11)14;7-1-2-10-3-4-11-5-6(8)9;1-6-3(5)2-4;3-1-2(4)5;1-2/h12H,1-7H2;7H,1-5H2,(H,8,9);4H,2H2,1H3;3H,1H2,(H,4,5);2H2,1H3. The molecule has 2 amide bonds. The van der Waals surface area contributed by atoms with E-state index in [0.717, 1.165) is 0 Å². The fraction of sp³-hybridized carbons (Fsp3) is 0.727. The Morgan fingerprint density at radius 2 is 1.07 bits per heavy atom. The first-order chi connectivity index (χ1) is 20.0. The number of aliphatic hydroxyl groups is 4. The number of carbonyl (C=O) groups excluding carboxylic acids is 4. The molecule has 1 saturated heterocycles. The molecular formula is C22H42N2O18. The van der Waals surface area contributed by atoms with E-state index in [2.05, 4.69) is 20.0 Å². The van der Waals surface area contributed by atoms with Crippen molar-refractivity contribution in [1.29, 1.82) is 0 Å². The Morgan fingerprint density at radius 3 is 1.38 bits per heavy atom. The summed E-state index contributed by atoms with van der Waals surface area (Å²) in [4.78, 5) is 66.7. The molecule has 0 aromatic carbocycles. The Morgan fingerprint density at radius 1 is 0.667 bits per heavy atom. The smallest absolute Gasteiger partial charge is 0.358 e. The average molecular weight is 623 g/mol. The number of hydrogen-bond donors (Lipinski definition) is 7. The molecule has 0 unspecified atom stereocenters. The van der Waals surface area contributed by atoms with Crippen LogP contribution in [-0.4, -0.2) is 165 Å². The number of aliphatic hydroxyl groups excluding tert-OH is 4. The predicted molar refractivity (Wildman–Crippen MR) is 136 cm³/mol. The molecule has 0 saturated carbocycles. The number of nitrogens with zero attached hydrogens (tertiary/aromatic N) is 1. The van der Waals surface area contributed by atoms with Crippen LogP contribution in [0.5, 0.6) is 0 Å². The molecule has 1 aliphatic heterocycles. The number of hydrogen-bond acceptors (Lipinski definition) is 17. The van der Waals surface area contributed by atoms with Crippen LogP contribution >= 0.6 is 0 Å². The van der Waals surface area contributed by atoms with Gasteiger partial charge in [0.25, 0.3) is 11.8 Å². The number of carboxylic acid groups (broad SMARTS) is 2. The van der Waals surface area contributed by atoms with Crippen molar-refractivity contribution >= 4 is 35.7 Å². The van der Waals surface area contributed by atoms with E-state index in [1.165, 1.54) is 14.2 Å². The van der Waals surface area contributed by atoms with Crippen molar-refractivity contribution in [3.8, 4) is 0 Å². The highest BCUT2D eigenvalue weighted by molar-refractivity contribution is 6.01. The second-order valence-electron chi connectivity index (χ2n) is 6.50. The van der Waals surface area contributed by atoms with Gasteiger partial charge in [-0.05, 0) is 7.05 Å². The molecule has 1 heterocycles. The van der Waals surface area contributed by atoms with Crippen LogP contribution < -0.4 is 5.73 Å². The molecule has 0 atom stereocenters. The number of carbonyl (C=O) groups is 6. The summed E-state index contributed by atoms with van der Waals surface area (Å²) in [7, 11) is 2.72. The predicted octanol–water partition coefficient (Wildman–Crippen LogP) is -4.49. The molecule has 0 aliphatic carbocycles. The Labute approximate surface area is 241 Å². The Balaban J connectivity index is -0.000000255. The molecule has 0 aromatic rings. The summed E-state index contributed by atoms with van der Waals surface area (Å²) in [5.41, 5.74) is 4.50. The molecule has 20 heteroatoms. The minimum Gasteiger partial charge on any atom is -0.480 e. The van der Waals surface area contributed by atoms with Crippen molar-refractivity contribution in [2.45, 2.75) is 12.8 Å². The number of esters is 1. The van der Waals surface area contributed by atoms with E-state index in [4.69, 9.17) is 49.6 Å². The lowest BCUT2D eigenvalue weighted by Gasteiger charge is -2.12. The molecule has 1 rings (SSSR count). The third kappa shape index (κ3) is 36.7. The van der Waals surface area contributed by atoms with Crippen molar-refractivity contribution in [2.24, 2.45) is 5.73 Å². The number of imide groups is 1. The average Bonchev–Trinajstić information content (AvgIpc) is 3.30. The molecule has 0 aromatic heterocycles. The molecule has 42 heavy (non-hydrogen) atoms. The summed E-state index contributed by atoms with van der Waals surface area (Å²) in [5, 5.41) is 48.1. The molecule has 248 valence electrons. The fourth-order valence-electron chi connectivity index (χ4n) is 1.73. The van der Waals surface area contributed by atoms with Gasteiger partial charge in [-0.15, -0.1) is 5.06 Å². The van der Waals surface area contributed by atoms with E-state index >= 15 is 0 Å². The largest absolute Gasteiger partial charge is 0.480 e. The maximum atomic E-state index is 11.2. The van der Waals surface area contributed by atoms with Crippen molar-refractivity contribution in [1.82, 2.24) is 5.06 Å². The van der Waals surface area contributed by atoms with Crippen LogP contribution in [-0.2, 0) is 57.3 Å². The molecule has 0 spiro atoms. The molecule has 20 nitrogen and oxygen atoms in total. The van der Waals surface area contributed by atoms with Gasteiger partial charge in [0.05, 0.1) is 60.0 Å². The zero-order valence-corrected chi connectivity index (χ0v) is 23.5. The minimum atomic E-state index is -1.19. The third-order valence-corrected chi connectivity index (χ3v) is 3.35. The summed E-state index contributed by atoms with van der Waals surface area (Å²) in [6.45, 7) is -0.702. The van der Waals surface area contributed by atoms with Crippen LogP contribution in [0.1, 0.15) is 12.8 Å². The lowest BCUT2D eigenvalue weighted by molar-refractivity contribution is -0.200. The number of hydroxylamine groups is 2. The second kappa shape index (κ2) is 35.7. The normalized spacial score (nSPS) is 11.3. The van der Waals surface area contributed by atoms with Gasteiger partial charge in [0.2, 0.25) is 0 Å². The van der Waals surface area contributed by atoms with Gasteiger partial charge >= 0.3 is 23.9 Å². The van der Waals surface area contributed by atoms with Crippen LogP contribution in [0.25, 0.3) is 0 Å². The first-order valence-corrected chi connectivity index (χ1v) is 11.9. The SMILES string of the molecule is CN.COC(=O)CO.O=C(COCCOCCO)ON1C(=O)CCC1=O.O=C(O)CO.O=C(O)COCCOCCO. The van der Waals surface area contributed by atoms with Crippen LogP contribution in [0, 0.1) is 0 Å². The third-order valence-electron chi connectivity index (χ3n) is 3.35. The Kier molecular flexibility index (Phi) is 38.8. The first kappa shape index (κ1) is 45.6. The molecule has 0 radical (unpaired) electrons. The number of nitrogens with two attached hydrogens (primary N) is 1. The molecule has 0 bridgehead atoms. The van der Waals surface area contributed by atoms with Crippen LogP contribution in [0.2, 0.25) is 0 Å². The minimum absolute atomic E-state index is 0.0288. The zero-order chi connectivity index (χ0) is 33.2. The quantitative estimate of drug-likeness (QED) is 0.0456. The topological polar surface area (TPSA) is 308 Å².